The molecule has 0 fully saturated rings. The van der Waals surface area contributed by atoms with Gasteiger partial charge in [0.15, 0.2) is 6.61 Å². The molecule has 0 aliphatic heterocycles. The number of hydrogen-bond donors (Lipinski definition) is 0. The normalized spacial score (nSPS) is 12.3. The third kappa shape index (κ3) is 7.20. The van der Waals surface area contributed by atoms with Crippen LogP contribution in [0.15, 0.2) is 80.9 Å². The number of carbonyl (C=O) groups is 1. The second-order valence-electron chi connectivity index (χ2n) is 6.66. The molecule has 14 heteroatoms. The van der Waals surface area contributed by atoms with Crippen molar-refractivity contribution in [2.45, 2.75) is 9.79 Å². The van der Waals surface area contributed by atoms with Crippen LogP contribution in [0.5, 0.6) is 11.5 Å². The molecule has 35 heavy (non-hydrogen) atoms. The third-order valence-electron chi connectivity index (χ3n) is 4.18. The van der Waals surface area contributed by atoms with E-state index in [0.29, 0.717) is 0 Å². The minimum atomic E-state index is -4.65. The summed E-state index contributed by atoms with van der Waals surface area (Å²) in [4.78, 5) is 11.2. The number of hydrogen-bond acceptors (Lipinski definition) is 9. The molecule has 0 N–H and O–H groups in total. The van der Waals surface area contributed by atoms with E-state index in [2.05, 4.69) is 4.40 Å². The first kappa shape index (κ1) is 26.5. The van der Waals surface area contributed by atoms with Gasteiger partial charge in [0.1, 0.15) is 27.4 Å². The van der Waals surface area contributed by atoms with Crippen molar-refractivity contribution < 1.29 is 45.2 Å². The molecule has 0 bridgehead atoms. The van der Waals surface area contributed by atoms with Gasteiger partial charge in [-0.15, -0.1) is 0 Å². The summed E-state index contributed by atoms with van der Waals surface area (Å²) in [6.45, 7) is -0.568. The molecule has 0 unspecified atom stereocenters. The molecule has 10 nitrogen and oxygen atoms in total. The minimum Gasteiger partial charge on any atom is -0.858 e. The van der Waals surface area contributed by atoms with E-state index in [0.717, 1.165) is 42.5 Å². The van der Waals surface area contributed by atoms with Crippen molar-refractivity contribution in [3.63, 3.8) is 0 Å². The van der Waals surface area contributed by atoms with Crippen LogP contribution in [0.3, 0.4) is 0 Å². The van der Waals surface area contributed by atoms with Crippen LogP contribution in [0.2, 0.25) is 0 Å². The van der Waals surface area contributed by atoms with E-state index in [4.69, 9.17) is 9.47 Å². The van der Waals surface area contributed by atoms with Crippen molar-refractivity contribution in [2.24, 2.45) is 4.40 Å². The first-order chi connectivity index (χ1) is 16.3. The molecule has 184 valence electrons. The molecular formula is C21H13FINO9S2-2. The lowest BCUT2D eigenvalue weighted by molar-refractivity contribution is -0.212. The Morgan fingerprint density at radius 2 is 1.54 bits per heavy atom. The Morgan fingerprint density at radius 1 is 0.943 bits per heavy atom. The van der Waals surface area contributed by atoms with Crippen LogP contribution < -0.4 is 14.6 Å². The number of carbonyl (C=O) groups excluding carboxylic acids is 1. The standard InChI is InChI=1S/C21H15FINO9S2/c22-14-3-1-13(2-4-14)21(26)24-34(27,28)17-8-5-15(6-9-17)33-20(25)12-32-16-7-10-19(18(23)11-16)35(29,30)31/h1-11H,12H2,(H,24,26)(H,29,30,31)/p-2. The fraction of sp³-hybridized carbons (Fsp3) is 0.0476. The summed E-state index contributed by atoms with van der Waals surface area (Å²) in [5.74, 6) is -2.43. The summed E-state index contributed by atoms with van der Waals surface area (Å²) >= 11 is 1.64. The average Bonchev–Trinajstić information content (AvgIpc) is 2.77. The first-order valence-electron chi connectivity index (χ1n) is 9.32. The number of nitrogens with zero attached hydrogens (tertiary/aromatic N) is 1. The van der Waals surface area contributed by atoms with Gasteiger partial charge in [-0.05, 0) is 82.8 Å². The van der Waals surface area contributed by atoms with Crippen molar-refractivity contribution in [3.05, 3.63) is 81.7 Å². The maximum atomic E-state index is 13.0. The quantitative estimate of drug-likeness (QED) is 0.0900. The van der Waals surface area contributed by atoms with E-state index >= 15 is 0 Å². The monoisotopic (exact) mass is 633 g/mol. The Labute approximate surface area is 213 Å². The van der Waals surface area contributed by atoms with E-state index in [1.165, 1.54) is 24.3 Å². The molecule has 0 radical (unpaired) electrons. The summed E-state index contributed by atoms with van der Waals surface area (Å²) in [7, 11) is -9.02. The number of rotatable bonds is 8. The van der Waals surface area contributed by atoms with Crippen molar-refractivity contribution in [2.75, 3.05) is 6.61 Å². The van der Waals surface area contributed by atoms with Crippen molar-refractivity contribution >= 4 is 54.6 Å². The third-order valence-corrected chi connectivity index (χ3v) is 7.60. The molecule has 0 aliphatic rings. The SMILES string of the molecule is O=C(COc1ccc(S(=O)(=O)[O-])c(I)c1)Oc1ccc(S(=O)(=O)/N=C(\[O-])c2ccc(F)cc2)cc1. The Bertz CT molecular complexity index is 1490. The van der Waals surface area contributed by atoms with Gasteiger partial charge in [0, 0.05) is 9.47 Å². The van der Waals surface area contributed by atoms with Gasteiger partial charge in [0.25, 0.3) is 10.0 Å². The predicted molar refractivity (Wildman–Crippen MR) is 125 cm³/mol. The summed E-state index contributed by atoms with van der Waals surface area (Å²) in [5, 5.41) is 12.0. The number of benzene rings is 3. The first-order valence-corrected chi connectivity index (χ1v) is 13.2. The van der Waals surface area contributed by atoms with E-state index in [1.54, 1.807) is 22.6 Å². The predicted octanol–water partition coefficient (Wildman–Crippen LogP) is 1.81. The average molecular weight is 633 g/mol. The van der Waals surface area contributed by atoms with E-state index < -0.39 is 49.3 Å². The molecule has 0 aromatic heterocycles. The summed E-state index contributed by atoms with van der Waals surface area (Å²) in [6.07, 6.45) is 0. The van der Waals surface area contributed by atoms with Gasteiger partial charge < -0.3 is 19.1 Å². The lowest BCUT2D eigenvalue weighted by Crippen LogP contribution is -2.21. The second kappa shape index (κ2) is 10.7. The molecule has 0 saturated carbocycles. The van der Waals surface area contributed by atoms with Gasteiger partial charge in [-0.3, -0.25) is 0 Å². The lowest BCUT2D eigenvalue weighted by atomic mass is 10.2. The fourth-order valence-electron chi connectivity index (χ4n) is 2.56. The molecule has 0 amide bonds. The van der Waals surface area contributed by atoms with Crippen LogP contribution in [0.25, 0.3) is 0 Å². The summed E-state index contributed by atoms with van der Waals surface area (Å²) < 4.78 is 84.5. The zero-order valence-electron chi connectivity index (χ0n) is 17.3. The second-order valence-corrected chi connectivity index (χ2v) is 10.8. The van der Waals surface area contributed by atoms with E-state index in [-0.39, 0.29) is 25.5 Å². The van der Waals surface area contributed by atoms with Gasteiger partial charge in [0.2, 0.25) is 0 Å². The van der Waals surface area contributed by atoms with Gasteiger partial charge in [-0.25, -0.2) is 17.6 Å². The summed E-state index contributed by atoms with van der Waals surface area (Å²) in [5.41, 5.74) is -0.112. The topological polar surface area (TPSA) is 162 Å². The minimum absolute atomic E-state index is 0.0233. The highest BCUT2D eigenvalue weighted by molar-refractivity contribution is 14.1. The fourth-order valence-corrected chi connectivity index (χ4v) is 5.30. The molecule has 0 saturated heterocycles. The Kier molecular flexibility index (Phi) is 8.09. The summed E-state index contributed by atoms with van der Waals surface area (Å²) in [6, 6.07) is 12.2. The number of ether oxygens (including phenoxy) is 2. The molecule has 3 aromatic rings. The van der Waals surface area contributed by atoms with E-state index in [1.807, 2.05) is 0 Å². The maximum absolute atomic E-state index is 13.0. The zero-order chi connectivity index (χ0) is 25.8. The van der Waals surface area contributed by atoms with Crippen molar-refractivity contribution in [1.29, 1.82) is 0 Å². The molecule has 0 spiro atoms. The van der Waals surface area contributed by atoms with Crippen LogP contribution in [0.1, 0.15) is 5.56 Å². The van der Waals surface area contributed by atoms with Crippen LogP contribution in [0.4, 0.5) is 4.39 Å². The number of sulfonamides is 1. The maximum Gasteiger partial charge on any atom is 0.349 e. The van der Waals surface area contributed by atoms with Gasteiger partial charge in [0.05, 0.1) is 9.79 Å². The molecule has 3 rings (SSSR count). The van der Waals surface area contributed by atoms with E-state index in [9.17, 15) is 35.7 Å². The largest absolute Gasteiger partial charge is 0.858 e. The molecule has 0 aliphatic carbocycles. The van der Waals surface area contributed by atoms with Crippen LogP contribution in [-0.4, -0.2) is 39.9 Å². The van der Waals surface area contributed by atoms with Gasteiger partial charge >= 0.3 is 5.97 Å². The van der Waals surface area contributed by atoms with Crippen LogP contribution in [0, 0.1) is 9.39 Å². The number of halogens is 2. The van der Waals surface area contributed by atoms with Crippen LogP contribution >= 0.6 is 22.6 Å². The Morgan fingerprint density at radius 3 is 2.11 bits per heavy atom. The Balaban J connectivity index is 1.62. The lowest BCUT2D eigenvalue weighted by Gasteiger charge is -2.12. The highest BCUT2D eigenvalue weighted by atomic mass is 127. The highest BCUT2D eigenvalue weighted by Crippen LogP contribution is 2.23. The smallest absolute Gasteiger partial charge is 0.349 e. The van der Waals surface area contributed by atoms with Crippen molar-refractivity contribution in [1.82, 2.24) is 0 Å². The molecular weight excluding hydrogens is 620 g/mol. The van der Waals surface area contributed by atoms with Crippen molar-refractivity contribution in [3.8, 4) is 11.5 Å². The Hall–Kier alpha value is -3.08. The highest BCUT2D eigenvalue weighted by Gasteiger charge is 2.14. The molecule has 0 heterocycles. The van der Waals surface area contributed by atoms with Gasteiger partial charge in [-0.2, -0.15) is 12.8 Å². The van der Waals surface area contributed by atoms with Crippen LogP contribution in [-0.2, 0) is 24.9 Å². The molecule has 0 atom stereocenters. The van der Waals surface area contributed by atoms with Gasteiger partial charge in [-0.1, -0.05) is 12.1 Å². The molecule has 3 aromatic carbocycles. The zero-order valence-corrected chi connectivity index (χ0v) is 21.0. The number of esters is 1.